The molecular weight excluding hydrogens is 595 g/mol. The van der Waals surface area contributed by atoms with Gasteiger partial charge >= 0.3 is 0 Å². The molecule has 0 unspecified atom stereocenters. The SMILES string of the molecule is C=C(/N=C(\C=C(/N)c1cccc(-c2cccnc2)c1)c1cccc(-c2cccc3ccccc23)c1)c1cc2ccccc2c2ccccc12. The molecule has 8 aromatic rings. The summed E-state index contributed by atoms with van der Waals surface area (Å²) in [5, 5.41) is 7.05. The van der Waals surface area contributed by atoms with Crippen LogP contribution in [-0.2, 0) is 0 Å². The fourth-order valence-electron chi connectivity index (χ4n) is 6.64. The second kappa shape index (κ2) is 12.9. The van der Waals surface area contributed by atoms with E-state index >= 15 is 0 Å². The van der Waals surface area contributed by atoms with Crippen LogP contribution in [-0.4, -0.2) is 10.7 Å². The van der Waals surface area contributed by atoms with E-state index in [1.54, 1.807) is 6.20 Å². The predicted molar refractivity (Wildman–Crippen MR) is 208 cm³/mol. The summed E-state index contributed by atoms with van der Waals surface area (Å²) in [4.78, 5) is 9.58. The average Bonchev–Trinajstić information content (AvgIpc) is 3.17. The zero-order chi connectivity index (χ0) is 33.2. The lowest BCUT2D eigenvalue weighted by Gasteiger charge is -2.13. The third kappa shape index (κ3) is 5.90. The molecule has 0 fully saturated rings. The molecule has 3 heteroatoms. The van der Waals surface area contributed by atoms with Crippen LogP contribution in [0.25, 0.3) is 66.0 Å². The van der Waals surface area contributed by atoms with E-state index in [1.165, 1.54) is 27.1 Å². The minimum atomic E-state index is 0.608. The number of nitrogens with zero attached hydrogens (tertiary/aromatic N) is 2. The Labute approximate surface area is 286 Å². The van der Waals surface area contributed by atoms with Gasteiger partial charge in [0, 0.05) is 34.8 Å². The number of aromatic nitrogens is 1. The van der Waals surface area contributed by atoms with E-state index in [-0.39, 0.29) is 0 Å². The summed E-state index contributed by atoms with van der Waals surface area (Å²) >= 11 is 0. The van der Waals surface area contributed by atoms with Crippen LogP contribution >= 0.6 is 0 Å². The molecular formula is C46H33N3. The number of aliphatic imine (C=N–C) groups is 1. The number of hydrogen-bond donors (Lipinski definition) is 1. The van der Waals surface area contributed by atoms with Crippen molar-refractivity contribution in [3.63, 3.8) is 0 Å². The molecule has 0 aliphatic rings. The van der Waals surface area contributed by atoms with Gasteiger partial charge in [0.1, 0.15) is 0 Å². The Morgan fingerprint density at radius 1 is 0.551 bits per heavy atom. The van der Waals surface area contributed by atoms with Gasteiger partial charge in [0.2, 0.25) is 0 Å². The van der Waals surface area contributed by atoms with Crippen molar-refractivity contribution in [1.29, 1.82) is 0 Å². The first-order chi connectivity index (χ1) is 24.1. The maximum Gasteiger partial charge on any atom is 0.0730 e. The van der Waals surface area contributed by atoms with Gasteiger partial charge in [-0.25, -0.2) is 4.99 Å². The van der Waals surface area contributed by atoms with Gasteiger partial charge in [-0.1, -0.05) is 140 Å². The Morgan fingerprint density at radius 2 is 1.18 bits per heavy atom. The maximum absolute atomic E-state index is 6.92. The first-order valence-electron chi connectivity index (χ1n) is 16.4. The molecule has 0 radical (unpaired) electrons. The zero-order valence-electron chi connectivity index (χ0n) is 26.9. The highest BCUT2D eigenvalue weighted by Crippen LogP contribution is 2.34. The molecule has 8 rings (SSSR count). The van der Waals surface area contributed by atoms with Crippen LogP contribution in [0, 0.1) is 0 Å². The summed E-state index contributed by atoms with van der Waals surface area (Å²) in [6.07, 6.45) is 5.61. The number of pyridine rings is 1. The van der Waals surface area contributed by atoms with Crippen LogP contribution in [0.4, 0.5) is 0 Å². The van der Waals surface area contributed by atoms with Gasteiger partial charge in [-0.05, 0) is 84.9 Å². The van der Waals surface area contributed by atoms with Crippen molar-refractivity contribution in [3.05, 3.63) is 199 Å². The summed E-state index contributed by atoms with van der Waals surface area (Å²) in [5.41, 5.74) is 16.1. The lowest BCUT2D eigenvalue weighted by atomic mass is 9.95. The third-order valence-corrected chi connectivity index (χ3v) is 9.08. The van der Waals surface area contributed by atoms with Crippen LogP contribution in [0.15, 0.2) is 188 Å². The molecule has 49 heavy (non-hydrogen) atoms. The summed E-state index contributed by atoms with van der Waals surface area (Å²) in [5.74, 6) is 0. The standard InChI is InChI=1S/C46H33N3/c1-31(44-28-35-13-3-5-21-41(35)42-22-6-7-23-43(42)44)49-46(29-45(47)36-17-8-15-33(26-36)38-19-11-25-48-30-38)37-18-9-16-34(27-37)40-24-10-14-32-12-2-4-20-39(32)40/h2-30H,1,47H2/b45-29-,49-46+. The minimum Gasteiger partial charge on any atom is -0.398 e. The molecule has 0 saturated carbocycles. The van der Waals surface area contributed by atoms with Crippen molar-refractivity contribution in [2.45, 2.75) is 0 Å². The molecule has 0 amide bonds. The van der Waals surface area contributed by atoms with E-state index in [1.807, 2.05) is 30.5 Å². The fraction of sp³-hybridized carbons (Fsp3) is 0. The minimum absolute atomic E-state index is 0.608. The van der Waals surface area contributed by atoms with Crippen LogP contribution in [0.3, 0.4) is 0 Å². The van der Waals surface area contributed by atoms with Gasteiger partial charge in [0.15, 0.2) is 0 Å². The summed E-state index contributed by atoms with van der Waals surface area (Å²) in [6, 6.07) is 54.8. The van der Waals surface area contributed by atoms with Crippen LogP contribution in [0.5, 0.6) is 0 Å². The van der Waals surface area contributed by atoms with Gasteiger partial charge < -0.3 is 5.73 Å². The first kappa shape index (κ1) is 29.8. The largest absolute Gasteiger partial charge is 0.398 e. The number of allylic oxidation sites excluding steroid dienone is 1. The Morgan fingerprint density at radius 3 is 2.00 bits per heavy atom. The van der Waals surface area contributed by atoms with Crippen molar-refractivity contribution < 1.29 is 0 Å². The smallest absolute Gasteiger partial charge is 0.0730 e. The summed E-state index contributed by atoms with van der Waals surface area (Å²) in [7, 11) is 0. The van der Waals surface area contributed by atoms with Gasteiger partial charge in [-0.15, -0.1) is 0 Å². The molecule has 1 aromatic heterocycles. The average molecular weight is 628 g/mol. The van der Waals surface area contributed by atoms with Gasteiger partial charge in [0.05, 0.1) is 11.4 Å². The molecule has 0 atom stereocenters. The fourth-order valence-corrected chi connectivity index (χ4v) is 6.64. The van der Waals surface area contributed by atoms with E-state index < -0.39 is 0 Å². The van der Waals surface area contributed by atoms with Crippen molar-refractivity contribution in [2.75, 3.05) is 0 Å². The molecule has 0 bridgehead atoms. The second-order valence-electron chi connectivity index (χ2n) is 12.2. The van der Waals surface area contributed by atoms with Crippen LogP contribution < -0.4 is 5.73 Å². The Balaban J connectivity index is 1.29. The highest BCUT2D eigenvalue weighted by Gasteiger charge is 2.13. The molecule has 0 aliphatic heterocycles. The summed E-state index contributed by atoms with van der Waals surface area (Å²) in [6.45, 7) is 4.54. The lowest BCUT2D eigenvalue weighted by Crippen LogP contribution is -2.05. The van der Waals surface area contributed by atoms with Crippen molar-refractivity contribution >= 4 is 49.4 Å². The number of hydrogen-bond acceptors (Lipinski definition) is 3. The van der Waals surface area contributed by atoms with Gasteiger partial charge in [0.25, 0.3) is 0 Å². The number of benzene rings is 7. The molecule has 232 valence electrons. The van der Waals surface area contributed by atoms with E-state index in [0.29, 0.717) is 11.4 Å². The Kier molecular flexibility index (Phi) is 7.85. The second-order valence-corrected chi connectivity index (χ2v) is 12.2. The zero-order valence-corrected chi connectivity index (χ0v) is 26.9. The normalized spacial score (nSPS) is 12.1. The lowest BCUT2D eigenvalue weighted by molar-refractivity contribution is 1.33. The van der Waals surface area contributed by atoms with E-state index in [9.17, 15) is 0 Å². The molecule has 0 saturated heterocycles. The van der Waals surface area contributed by atoms with E-state index in [4.69, 9.17) is 10.7 Å². The van der Waals surface area contributed by atoms with Crippen molar-refractivity contribution in [2.24, 2.45) is 10.7 Å². The van der Waals surface area contributed by atoms with Crippen LogP contribution in [0.1, 0.15) is 16.7 Å². The molecule has 0 aliphatic carbocycles. The monoisotopic (exact) mass is 627 g/mol. The molecule has 1 heterocycles. The number of nitrogens with two attached hydrogens (primary N) is 1. The Hall–Kier alpha value is -6.58. The van der Waals surface area contributed by atoms with E-state index in [0.717, 1.165) is 49.9 Å². The molecule has 2 N–H and O–H groups in total. The molecule has 7 aromatic carbocycles. The van der Waals surface area contributed by atoms with Gasteiger partial charge in [-0.3, -0.25) is 4.98 Å². The highest BCUT2D eigenvalue weighted by molar-refractivity contribution is 6.16. The Bertz CT molecular complexity index is 2570. The van der Waals surface area contributed by atoms with Crippen molar-refractivity contribution in [3.8, 4) is 22.3 Å². The summed E-state index contributed by atoms with van der Waals surface area (Å²) < 4.78 is 0. The third-order valence-electron chi connectivity index (χ3n) is 9.08. The van der Waals surface area contributed by atoms with E-state index in [2.05, 4.69) is 151 Å². The number of rotatable bonds is 7. The first-order valence-corrected chi connectivity index (χ1v) is 16.4. The topological polar surface area (TPSA) is 51.3 Å². The van der Waals surface area contributed by atoms with Gasteiger partial charge in [-0.2, -0.15) is 0 Å². The highest BCUT2D eigenvalue weighted by atomic mass is 14.8. The molecule has 0 spiro atoms. The number of fused-ring (bicyclic) bond motifs is 4. The molecule has 3 nitrogen and oxygen atoms in total. The van der Waals surface area contributed by atoms with Crippen LogP contribution in [0.2, 0.25) is 0 Å². The predicted octanol–water partition coefficient (Wildman–Crippen LogP) is 11.3. The maximum atomic E-state index is 6.92. The van der Waals surface area contributed by atoms with Crippen molar-refractivity contribution in [1.82, 2.24) is 4.98 Å². The quantitative estimate of drug-likeness (QED) is 0.141.